The summed E-state index contributed by atoms with van der Waals surface area (Å²) in [5.74, 6) is 0.444. The van der Waals surface area contributed by atoms with Crippen molar-refractivity contribution in [1.29, 1.82) is 0 Å². The van der Waals surface area contributed by atoms with Crippen molar-refractivity contribution >= 4 is 17.7 Å². The molecule has 0 fully saturated rings. The van der Waals surface area contributed by atoms with Gasteiger partial charge in [-0.1, -0.05) is 6.92 Å². The molecule has 4 heteroatoms. The van der Waals surface area contributed by atoms with Crippen molar-refractivity contribution in [2.75, 3.05) is 19.0 Å². The van der Waals surface area contributed by atoms with Crippen LogP contribution in [0.2, 0.25) is 0 Å². The van der Waals surface area contributed by atoms with Crippen molar-refractivity contribution in [2.24, 2.45) is 0 Å². The second-order valence-electron chi connectivity index (χ2n) is 4.16. The molecule has 0 heterocycles. The number of amides is 1. The Balaban J connectivity index is 4.14. The van der Waals surface area contributed by atoms with Crippen LogP contribution in [0.25, 0.3) is 0 Å². The summed E-state index contributed by atoms with van der Waals surface area (Å²) in [6, 6.07) is 0. The summed E-state index contributed by atoms with van der Waals surface area (Å²) in [6.45, 7) is 8.83. The van der Waals surface area contributed by atoms with Crippen molar-refractivity contribution in [3.63, 3.8) is 0 Å². The van der Waals surface area contributed by atoms with E-state index in [0.717, 1.165) is 6.42 Å². The van der Waals surface area contributed by atoms with E-state index in [1.165, 1.54) is 0 Å². The van der Waals surface area contributed by atoms with Crippen molar-refractivity contribution in [1.82, 2.24) is 4.90 Å². The van der Waals surface area contributed by atoms with Crippen molar-refractivity contribution in [3.8, 4) is 0 Å². The van der Waals surface area contributed by atoms with Crippen molar-refractivity contribution < 1.29 is 9.53 Å². The van der Waals surface area contributed by atoms with Crippen molar-refractivity contribution in [3.05, 3.63) is 0 Å². The van der Waals surface area contributed by atoms with Gasteiger partial charge in [0.25, 0.3) is 0 Å². The Morgan fingerprint density at radius 3 is 2.29 bits per heavy atom. The predicted molar refractivity (Wildman–Crippen MR) is 58.8 cm³/mol. The van der Waals surface area contributed by atoms with E-state index in [9.17, 15) is 4.79 Å². The summed E-state index contributed by atoms with van der Waals surface area (Å²) in [4.78, 5) is 13.2. The highest BCUT2D eigenvalue weighted by Crippen LogP contribution is 2.10. The molecule has 0 atom stereocenters. The van der Waals surface area contributed by atoms with Gasteiger partial charge in [-0.25, -0.2) is 4.79 Å². The average molecular weight is 222 g/mol. The Bertz CT molecular complexity index is 171. The first kappa shape index (κ1) is 13.6. The van der Waals surface area contributed by atoms with E-state index in [4.69, 9.17) is 16.3 Å². The summed E-state index contributed by atoms with van der Waals surface area (Å²) < 4.78 is 5.23. The largest absolute Gasteiger partial charge is 0.444 e. The zero-order valence-corrected chi connectivity index (χ0v) is 10.2. The first-order valence-corrected chi connectivity index (χ1v) is 5.48. The summed E-state index contributed by atoms with van der Waals surface area (Å²) in [5.41, 5.74) is -0.435. The lowest BCUT2D eigenvalue weighted by atomic mass is 10.2. The normalized spacial score (nSPS) is 11.2. The van der Waals surface area contributed by atoms with Crippen LogP contribution in [0.15, 0.2) is 0 Å². The van der Waals surface area contributed by atoms with Crippen LogP contribution in [-0.4, -0.2) is 35.6 Å². The molecule has 3 nitrogen and oxygen atoms in total. The lowest BCUT2D eigenvalue weighted by Gasteiger charge is -2.26. The number of alkyl halides is 1. The molecule has 0 unspecified atom stereocenters. The Kier molecular flexibility index (Phi) is 5.93. The van der Waals surface area contributed by atoms with Gasteiger partial charge in [-0.15, -0.1) is 11.6 Å². The van der Waals surface area contributed by atoms with Gasteiger partial charge in [-0.05, 0) is 27.2 Å². The van der Waals surface area contributed by atoms with Crippen LogP contribution in [0.3, 0.4) is 0 Å². The summed E-state index contributed by atoms with van der Waals surface area (Å²) in [5, 5.41) is 0. The van der Waals surface area contributed by atoms with Crippen LogP contribution in [-0.2, 0) is 4.74 Å². The van der Waals surface area contributed by atoms with Gasteiger partial charge in [0.15, 0.2) is 0 Å². The molecule has 0 radical (unpaired) electrons. The predicted octanol–water partition coefficient (Wildman–Crippen LogP) is 2.87. The maximum absolute atomic E-state index is 11.6. The number of carbonyl (C=O) groups excluding carboxylic acids is 1. The topological polar surface area (TPSA) is 29.5 Å². The Morgan fingerprint density at radius 2 is 1.93 bits per heavy atom. The molecule has 0 rings (SSSR count). The summed E-state index contributed by atoms with van der Waals surface area (Å²) >= 11 is 5.60. The number of ether oxygens (including phenoxy) is 1. The fourth-order valence-corrected chi connectivity index (χ4v) is 1.20. The minimum atomic E-state index is -0.435. The summed E-state index contributed by atoms with van der Waals surface area (Å²) in [7, 11) is 0. The van der Waals surface area contributed by atoms with E-state index in [2.05, 4.69) is 0 Å². The average Bonchev–Trinajstić information content (AvgIpc) is 2.01. The quantitative estimate of drug-likeness (QED) is 0.684. The lowest BCUT2D eigenvalue weighted by Crippen LogP contribution is -2.38. The van der Waals surface area contributed by atoms with Gasteiger partial charge in [0.2, 0.25) is 0 Å². The minimum Gasteiger partial charge on any atom is -0.444 e. The second kappa shape index (κ2) is 6.12. The number of hydrogen-bond donors (Lipinski definition) is 0. The molecule has 0 aromatic carbocycles. The molecule has 0 aromatic heterocycles. The third-order valence-electron chi connectivity index (χ3n) is 1.50. The fourth-order valence-electron chi connectivity index (χ4n) is 0.993. The van der Waals surface area contributed by atoms with E-state index in [1.807, 2.05) is 27.7 Å². The smallest absolute Gasteiger partial charge is 0.410 e. The molecule has 0 saturated carbocycles. The standard InChI is InChI=1S/C10H20ClNO2/c1-5-7-12(8-6-11)9(13)14-10(2,3)4/h5-8H2,1-4H3. The monoisotopic (exact) mass is 221 g/mol. The van der Waals surface area contributed by atoms with Crippen molar-refractivity contribution in [2.45, 2.75) is 39.7 Å². The van der Waals surface area contributed by atoms with E-state index in [0.29, 0.717) is 19.0 Å². The summed E-state index contributed by atoms with van der Waals surface area (Å²) in [6.07, 6.45) is 0.635. The Morgan fingerprint density at radius 1 is 1.36 bits per heavy atom. The van der Waals surface area contributed by atoms with E-state index < -0.39 is 5.60 Å². The van der Waals surface area contributed by atoms with Gasteiger partial charge in [0, 0.05) is 19.0 Å². The number of carbonyl (C=O) groups is 1. The van der Waals surface area contributed by atoms with Crippen LogP contribution in [0, 0.1) is 0 Å². The highest BCUT2D eigenvalue weighted by molar-refractivity contribution is 6.18. The molecule has 0 aliphatic rings. The third-order valence-corrected chi connectivity index (χ3v) is 1.67. The molecule has 1 amide bonds. The number of nitrogens with zero attached hydrogens (tertiary/aromatic N) is 1. The minimum absolute atomic E-state index is 0.278. The molecule has 0 aliphatic heterocycles. The maximum Gasteiger partial charge on any atom is 0.410 e. The zero-order chi connectivity index (χ0) is 11.2. The van der Waals surface area contributed by atoms with Gasteiger partial charge in [0.05, 0.1) is 0 Å². The van der Waals surface area contributed by atoms with Crippen LogP contribution >= 0.6 is 11.6 Å². The van der Waals surface area contributed by atoms with E-state index in [-0.39, 0.29) is 6.09 Å². The first-order valence-electron chi connectivity index (χ1n) is 4.94. The number of rotatable bonds is 4. The Labute approximate surface area is 91.4 Å². The lowest BCUT2D eigenvalue weighted by molar-refractivity contribution is 0.0261. The van der Waals surface area contributed by atoms with E-state index in [1.54, 1.807) is 4.90 Å². The highest BCUT2D eigenvalue weighted by atomic mass is 35.5. The first-order chi connectivity index (χ1) is 6.40. The van der Waals surface area contributed by atoms with Crippen LogP contribution < -0.4 is 0 Å². The van der Waals surface area contributed by atoms with E-state index >= 15 is 0 Å². The molecule has 14 heavy (non-hydrogen) atoms. The van der Waals surface area contributed by atoms with Crippen LogP contribution in [0.5, 0.6) is 0 Å². The molecule has 0 aromatic rings. The van der Waals surface area contributed by atoms with Gasteiger partial charge >= 0.3 is 6.09 Å². The molecule has 0 saturated heterocycles. The van der Waals surface area contributed by atoms with Crippen LogP contribution in [0.4, 0.5) is 4.79 Å². The van der Waals surface area contributed by atoms with Gasteiger partial charge in [0.1, 0.15) is 5.60 Å². The van der Waals surface area contributed by atoms with Gasteiger partial charge in [-0.2, -0.15) is 0 Å². The third kappa shape index (κ3) is 6.08. The SMILES string of the molecule is CCCN(CCCl)C(=O)OC(C)(C)C. The fraction of sp³-hybridized carbons (Fsp3) is 0.900. The molecule has 0 bridgehead atoms. The highest BCUT2D eigenvalue weighted by Gasteiger charge is 2.20. The second-order valence-corrected chi connectivity index (χ2v) is 4.53. The van der Waals surface area contributed by atoms with Gasteiger partial charge in [-0.3, -0.25) is 0 Å². The maximum atomic E-state index is 11.6. The zero-order valence-electron chi connectivity index (χ0n) is 9.47. The van der Waals surface area contributed by atoms with Crippen LogP contribution in [0.1, 0.15) is 34.1 Å². The molecule has 0 N–H and O–H groups in total. The molecular weight excluding hydrogens is 202 g/mol. The number of halogens is 1. The number of hydrogen-bond acceptors (Lipinski definition) is 2. The molecule has 0 spiro atoms. The molecule has 84 valence electrons. The molecule has 0 aliphatic carbocycles. The Hall–Kier alpha value is -0.440. The van der Waals surface area contributed by atoms with Gasteiger partial charge < -0.3 is 9.64 Å². The molecular formula is C10H20ClNO2.